The molecule has 0 aliphatic carbocycles. The number of nitrogens with one attached hydrogen (secondary N) is 1. The maximum Gasteiger partial charge on any atom is 0.220 e. The third kappa shape index (κ3) is 26.0. The number of rotatable bonds is 27. The minimum Gasteiger partial charge on any atom is -0.394 e. The van der Waals surface area contributed by atoms with Crippen LogP contribution < -0.4 is 5.32 Å². The number of amides is 1. The Kier molecular flexibility index (Phi) is 28.1. The normalized spacial score (nSPS) is 13.7. The van der Waals surface area contributed by atoms with E-state index in [4.69, 9.17) is 0 Å². The van der Waals surface area contributed by atoms with Crippen LogP contribution in [0.3, 0.4) is 0 Å². The van der Waals surface area contributed by atoms with Crippen molar-refractivity contribution in [2.24, 2.45) is 0 Å². The highest BCUT2D eigenvalue weighted by Crippen LogP contribution is 2.12. The van der Waals surface area contributed by atoms with Crippen molar-refractivity contribution in [2.45, 2.75) is 161 Å². The van der Waals surface area contributed by atoms with E-state index >= 15 is 0 Å². The molecule has 0 bridgehead atoms. The molecule has 0 aliphatic heterocycles. The van der Waals surface area contributed by atoms with Crippen molar-refractivity contribution in [1.29, 1.82) is 0 Å². The standard InChI is InChI=1S/C33H61NO3/c1-3-5-7-9-10-11-12-13-14-15-16-17-18-19-20-21-22-23-25-26-28-32(36)31(30-35)34-33(37)29-27-24-8-6-4-2/h17-18,21-22,26,28,31-32,35-36H,3-16,19-20,23-25,27,29-30H2,1-2H3,(H,34,37)/b18-17+,22-21+,28-26+. The number of carbonyl (C=O) groups excluding carboxylic acids is 1. The zero-order chi connectivity index (χ0) is 27.2. The van der Waals surface area contributed by atoms with Crippen LogP contribution in [-0.2, 0) is 4.79 Å². The van der Waals surface area contributed by atoms with E-state index < -0.39 is 12.1 Å². The van der Waals surface area contributed by atoms with Gasteiger partial charge in [-0.05, 0) is 44.9 Å². The second-order valence-corrected chi connectivity index (χ2v) is 10.5. The van der Waals surface area contributed by atoms with Gasteiger partial charge in [0.1, 0.15) is 0 Å². The Morgan fingerprint density at radius 3 is 1.57 bits per heavy atom. The lowest BCUT2D eigenvalue weighted by Gasteiger charge is -2.19. The fraction of sp³-hybridized carbons (Fsp3) is 0.788. The van der Waals surface area contributed by atoms with Crippen molar-refractivity contribution in [2.75, 3.05) is 6.61 Å². The van der Waals surface area contributed by atoms with Crippen molar-refractivity contribution in [3.05, 3.63) is 36.5 Å². The summed E-state index contributed by atoms with van der Waals surface area (Å²) in [5.74, 6) is -0.0940. The minimum absolute atomic E-state index is 0.0940. The van der Waals surface area contributed by atoms with E-state index in [2.05, 4.69) is 43.5 Å². The smallest absolute Gasteiger partial charge is 0.220 e. The van der Waals surface area contributed by atoms with E-state index in [-0.39, 0.29) is 12.5 Å². The summed E-state index contributed by atoms with van der Waals surface area (Å²) in [7, 11) is 0. The molecule has 0 heterocycles. The fourth-order valence-electron chi connectivity index (χ4n) is 4.38. The van der Waals surface area contributed by atoms with Crippen LogP contribution >= 0.6 is 0 Å². The molecule has 4 nitrogen and oxygen atoms in total. The SMILES string of the molecule is CCCCCCCCCCCC/C=C/CC/C=C/CC/C=C/C(O)C(CO)NC(=O)CCCCCCC. The molecule has 0 aliphatic rings. The van der Waals surface area contributed by atoms with E-state index in [1.807, 2.05) is 6.08 Å². The molecule has 37 heavy (non-hydrogen) atoms. The molecule has 0 fully saturated rings. The number of allylic oxidation sites excluding steroid dienone is 5. The average Bonchev–Trinajstić information content (AvgIpc) is 2.90. The Morgan fingerprint density at radius 1 is 0.622 bits per heavy atom. The highest BCUT2D eigenvalue weighted by Gasteiger charge is 2.17. The molecule has 0 radical (unpaired) electrons. The average molecular weight is 520 g/mol. The lowest BCUT2D eigenvalue weighted by molar-refractivity contribution is -0.123. The molecule has 0 aromatic heterocycles. The summed E-state index contributed by atoms with van der Waals surface area (Å²) in [6.07, 6.45) is 36.8. The van der Waals surface area contributed by atoms with Gasteiger partial charge in [-0.3, -0.25) is 4.79 Å². The third-order valence-electron chi connectivity index (χ3n) is 6.85. The fourth-order valence-corrected chi connectivity index (χ4v) is 4.38. The van der Waals surface area contributed by atoms with Crippen molar-refractivity contribution in [3.63, 3.8) is 0 Å². The molecule has 0 saturated heterocycles. The molecule has 216 valence electrons. The lowest BCUT2D eigenvalue weighted by atomic mass is 10.1. The summed E-state index contributed by atoms with van der Waals surface area (Å²) in [6, 6.07) is -0.637. The Morgan fingerprint density at radius 2 is 1.05 bits per heavy atom. The number of aliphatic hydroxyl groups excluding tert-OH is 2. The van der Waals surface area contributed by atoms with Crippen LogP contribution in [0.25, 0.3) is 0 Å². The van der Waals surface area contributed by atoms with Gasteiger partial charge in [-0.25, -0.2) is 0 Å². The molecular formula is C33H61NO3. The number of aliphatic hydroxyl groups is 2. The maximum absolute atomic E-state index is 12.0. The topological polar surface area (TPSA) is 69.6 Å². The minimum atomic E-state index is -0.862. The van der Waals surface area contributed by atoms with Gasteiger partial charge in [0, 0.05) is 6.42 Å². The molecular weight excluding hydrogens is 458 g/mol. The number of hydrogen-bond donors (Lipinski definition) is 3. The zero-order valence-electron chi connectivity index (χ0n) is 24.5. The highest BCUT2D eigenvalue weighted by molar-refractivity contribution is 5.76. The number of unbranched alkanes of at least 4 members (excludes halogenated alkanes) is 16. The molecule has 0 spiro atoms. The van der Waals surface area contributed by atoms with E-state index in [0.717, 1.165) is 44.9 Å². The van der Waals surface area contributed by atoms with E-state index in [1.54, 1.807) is 6.08 Å². The second kappa shape index (κ2) is 29.2. The van der Waals surface area contributed by atoms with Gasteiger partial charge in [0.15, 0.2) is 0 Å². The van der Waals surface area contributed by atoms with Gasteiger partial charge in [0.25, 0.3) is 0 Å². The van der Waals surface area contributed by atoms with Crippen LogP contribution in [0, 0.1) is 0 Å². The molecule has 2 atom stereocenters. The summed E-state index contributed by atoms with van der Waals surface area (Å²) < 4.78 is 0. The molecule has 2 unspecified atom stereocenters. The number of hydrogen-bond acceptors (Lipinski definition) is 3. The van der Waals surface area contributed by atoms with Gasteiger partial charge in [-0.15, -0.1) is 0 Å². The second-order valence-electron chi connectivity index (χ2n) is 10.5. The molecule has 0 saturated carbocycles. The summed E-state index contributed by atoms with van der Waals surface area (Å²) in [6.45, 7) is 4.18. The summed E-state index contributed by atoms with van der Waals surface area (Å²) >= 11 is 0. The maximum atomic E-state index is 12.0. The van der Waals surface area contributed by atoms with Gasteiger partial charge in [-0.2, -0.15) is 0 Å². The van der Waals surface area contributed by atoms with Crippen molar-refractivity contribution < 1.29 is 15.0 Å². The Labute approximate surface area is 230 Å². The molecule has 0 aromatic carbocycles. The third-order valence-corrected chi connectivity index (χ3v) is 6.85. The van der Waals surface area contributed by atoms with E-state index in [1.165, 1.54) is 83.5 Å². The van der Waals surface area contributed by atoms with Gasteiger partial charge < -0.3 is 15.5 Å². The van der Waals surface area contributed by atoms with Crippen LogP contribution in [0.15, 0.2) is 36.5 Å². The highest BCUT2D eigenvalue weighted by atomic mass is 16.3. The predicted octanol–water partition coefficient (Wildman–Crippen LogP) is 8.72. The van der Waals surface area contributed by atoms with Gasteiger partial charge in [-0.1, -0.05) is 134 Å². The van der Waals surface area contributed by atoms with Crippen LogP contribution in [0.4, 0.5) is 0 Å². The Bertz CT molecular complexity index is 570. The zero-order valence-corrected chi connectivity index (χ0v) is 24.5. The molecule has 1 amide bonds. The predicted molar refractivity (Wildman–Crippen MR) is 161 cm³/mol. The Hall–Kier alpha value is -1.39. The first-order chi connectivity index (χ1) is 18.2. The Balaban J connectivity index is 3.68. The van der Waals surface area contributed by atoms with Gasteiger partial charge in [0.05, 0.1) is 18.8 Å². The quantitative estimate of drug-likeness (QED) is 0.0750. The molecule has 0 rings (SSSR count). The molecule has 3 N–H and O–H groups in total. The molecule has 4 heteroatoms. The summed E-state index contributed by atoms with van der Waals surface area (Å²) in [5, 5.41) is 22.5. The van der Waals surface area contributed by atoms with Crippen molar-refractivity contribution in [3.8, 4) is 0 Å². The van der Waals surface area contributed by atoms with Crippen LogP contribution in [0.2, 0.25) is 0 Å². The van der Waals surface area contributed by atoms with Crippen LogP contribution in [-0.4, -0.2) is 34.9 Å². The van der Waals surface area contributed by atoms with Crippen molar-refractivity contribution >= 4 is 5.91 Å². The van der Waals surface area contributed by atoms with E-state index in [0.29, 0.717) is 6.42 Å². The first-order valence-electron chi connectivity index (χ1n) is 15.7. The van der Waals surface area contributed by atoms with Crippen LogP contribution in [0.5, 0.6) is 0 Å². The van der Waals surface area contributed by atoms with Gasteiger partial charge >= 0.3 is 0 Å². The summed E-state index contributed by atoms with van der Waals surface area (Å²) in [5.41, 5.74) is 0. The first-order valence-corrected chi connectivity index (χ1v) is 15.7. The van der Waals surface area contributed by atoms with Crippen LogP contribution in [0.1, 0.15) is 149 Å². The summed E-state index contributed by atoms with van der Waals surface area (Å²) in [4.78, 5) is 12.0. The van der Waals surface area contributed by atoms with E-state index in [9.17, 15) is 15.0 Å². The molecule has 0 aromatic rings. The lowest BCUT2D eigenvalue weighted by Crippen LogP contribution is -2.45. The number of carbonyl (C=O) groups is 1. The van der Waals surface area contributed by atoms with Gasteiger partial charge in [0.2, 0.25) is 5.91 Å². The first kappa shape index (κ1) is 35.6. The van der Waals surface area contributed by atoms with Crippen molar-refractivity contribution in [1.82, 2.24) is 5.32 Å². The largest absolute Gasteiger partial charge is 0.394 e. The monoisotopic (exact) mass is 519 g/mol.